The zero-order chi connectivity index (χ0) is 26.0. The number of hydrogen-bond acceptors (Lipinski definition) is 11. The number of carboxylic acids is 1. The minimum atomic E-state index is -1.71. The summed E-state index contributed by atoms with van der Waals surface area (Å²) in [5, 5.41) is 48.7. The molecule has 36 heavy (non-hydrogen) atoms. The maximum Gasteiger partial charge on any atom is 0.317 e. The third-order valence-corrected chi connectivity index (χ3v) is 5.86. The first-order chi connectivity index (χ1) is 17.1. The Hall–Kier alpha value is -3.71. The number of hydrogen-bond donors (Lipinski definition) is 5. The van der Waals surface area contributed by atoms with Crippen molar-refractivity contribution >= 4 is 17.7 Å². The third kappa shape index (κ3) is 5.41. The predicted molar refractivity (Wildman–Crippen MR) is 118 cm³/mol. The molecule has 2 aromatic rings. The average Bonchev–Trinajstić information content (AvgIpc) is 2.84. The number of aliphatic carboxylic acids is 1. The molecule has 0 spiro atoms. The van der Waals surface area contributed by atoms with E-state index in [0.717, 1.165) is 0 Å². The number of rotatable bonds is 7. The van der Waals surface area contributed by atoms with Crippen LogP contribution in [0.15, 0.2) is 42.5 Å². The second kappa shape index (κ2) is 10.5. The first-order valence-electron chi connectivity index (χ1n) is 11.0. The fourth-order valence-corrected chi connectivity index (χ4v) is 3.92. The molecule has 1 unspecified atom stereocenters. The van der Waals surface area contributed by atoms with Gasteiger partial charge < -0.3 is 44.5 Å². The molecule has 4 rings (SSSR count). The number of ether oxygens (including phenoxy) is 4. The first-order valence-corrected chi connectivity index (χ1v) is 11.0. The Morgan fingerprint density at radius 3 is 2.42 bits per heavy atom. The molecule has 12 nitrogen and oxygen atoms in total. The minimum absolute atomic E-state index is 0.0529. The average molecular weight is 504 g/mol. The quantitative estimate of drug-likeness (QED) is 0.250. The summed E-state index contributed by atoms with van der Waals surface area (Å²) in [6.07, 6.45) is -8.73. The summed E-state index contributed by atoms with van der Waals surface area (Å²) < 4.78 is 21.6. The predicted octanol–water partition coefficient (Wildman–Crippen LogP) is -0.0446. The molecule has 0 radical (unpaired) electrons. The second-order valence-corrected chi connectivity index (χ2v) is 8.36. The fourth-order valence-electron chi connectivity index (χ4n) is 3.92. The highest BCUT2D eigenvalue weighted by atomic mass is 16.7. The van der Waals surface area contributed by atoms with Crippen LogP contribution >= 0.6 is 0 Å². The molecule has 2 aliphatic rings. The van der Waals surface area contributed by atoms with E-state index in [9.17, 15) is 34.8 Å². The fraction of sp³-hybridized carbons (Fsp3) is 0.375. The van der Waals surface area contributed by atoms with Crippen molar-refractivity contribution in [3.05, 3.63) is 53.6 Å². The number of aliphatic hydroxyl groups excluding tert-OH is 3. The molecule has 0 aromatic heterocycles. The summed E-state index contributed by atoms with van der Waals surface area (Å²) in [5.74, 6) is -2.78. The van der Waals surface area contributed by atoms with Crippen LogP contribution in [0.3, 0.4) is 0 Å². The first kappa shape index (κ1) is 25.4. The zero-order valence-corrected chi connectivity index (χ0v) is 18.7. The Bertz CT molecular complexity index is 1130. The largest absolute Gasteiger partial charge is 0.508 e. The maximum atomic E-state index is 13.0. The zero-order valence-electron chi connectivity index (χ0n) is 18.7. The Balaban J connectivity index is 1.44. The van der Waals surface area contributed by atoms with E-state index in [1.165, 1.54) is 30.3 Å². The Labute approximate surface area is 204 Å². The SMILES string of the molecule is O=C(O)CC(=O)OC[C@H]1O[C@@H](Oc2ccc3c(c2)OCC(c2ccc(O)cc2)C3=O)[C@H](O)[C@H](O)[C@@H]1O. The highest BCUT2D eigenvalue weighted by Gasteiger charge is 2.45. The minimum Gasteiger partial charge on any atom is -0.508 e. The van der Waals surface area contributed by atoms with Crippen LogP contribution in [0.4, 0.5) is 0 Å². The second-order valence-electron chi connectivity index (χ2n) is 8.36. The van der Waals surface area contributed by atoms with Crippen LogP contribution in [0.25, 0.3) is 0 Å². The van der Waals surface area contributed by atoms with Gasteiger partial charge in [0.2, 0.25) is 6.29 Å². The topological polar surface area (TPSA) is 189 Å². The van der Waals surface area contributed by atoms with E-state index in [1.807, 2.05) is 0 Å². The molecule has 5 N–H and O–H groups in total. The van der Waals surface area contributed by atoms with Gasteiger partial charge in [0.15, 0.2) is 5.78 Å². The van der Waals surface area contributed by atoms with Crippen LogP contribution in [-0.2, 0) is 19.1 Å². The number of phenolic OH excluding ortho intramolecular Hbond substituents is 1. The number of ketones is 1. The van der Waals surface area contributed by atoms with Crippen LogP contribution in [0.5, 0.6) is 17.2 Å². The van der Waals surface area contributed by atoms with Gasteiger partial charge in [-0.25, -0.2) is 0 Å². The van der Waals surface area contributed by atoms with E-state index < -0.39 is 61.6 Å². The molecular weight excluding hydrogens is 480 g/mol. The Morgan fingerprint density at radius 1 is 1.00 bits per heavy atom. The molecule has 2 aliphatic heterocycles. The summed E-state index contributed by atoms with van der Waals surface area (Å²) in [5.41, 5.74) is 0.987. The van der Waals surface area contributed by atoms with Gasteiger partial charge in [-0.1, -0.05) is 12.1 Å². The molecule has 12 heteroatoms. The van der Waals surface area contributed by atoms with Gasteiger partial charge in [-0.2, -0.15) is 0 Å². The van der Waals surface area contributed by atoms with Crippen molar-refractivity contribution in [2.45, 2.75) is 43.0 Å². The highest BCUT2D eigenvalue weighted by molar-refractivity contribution is 6.04. The molecule has 0 amide bonds. The van der Waals surface area contributed by atoms with E-state index in [-0.39, 0.29) is 29.6 Å². The molecule has 2 aromatic carbocycles. The molecule has 1 saturated heterocycles. The number of Topliss-reactive ketones (excluding diaryl/α,β-unsaturated/α-hetero) is 1. The van der Waals surface area contributed by atoms with Gasteiger partial charge in [0.25, 0.3) is 0 Å². The number of phenols is 1. The van der Waals surface area contributed by atoms with Gasteiger partial charge in [-0.05, 0) is 29.8 Å². The molecule has 6 atom stereocenters. The molecule has 0 saturated carbocycles. The molecule has 192 valence electrons. The van der Waals surface area contributed by atoms with Gasteiger partial charge in [0, 0.05) is 6.07 Å². The molecular formula is C24H24O12. The van der Waals surface area contributed by atoms with Crippen molar-refractivity contribution < 1.29 is 58.9 Å². The normalized spacial score (nSPS) is 27.5. The molecule has 0 bridgehead atoms. The van der Waals surface area contributed by atoms with Gasteiger partial charge in [0.1, 0.15) is 61.3 Å². The van der Waals surface area contributed by atoms with Crippen LogP contribution < -0.4 is 9.47 Å². The molecule has 0 aliphatic carbocycles. The van der Waals surface area contributed by atoms with Crippen molar-refractivity contribution in [3.63, 3.8) is 0 Å². The van der Waals surface area contributed by atoms with Crippen molar-refractivity contribution in [2.75, 3.05) is 13.2 Å². The smallest absolute Gasteiger partial charge is 0.317 e. The van der Waals surface area contributed by atoms with Crippen molar-refractivity contribution in [2.24, 2.45) is 0 Å². The summed E-state index contributed by atoms with van der Waals surface area (Å²) in [6, 6.07) is 10.6. The van der Waals surface area contributed by atoms with Crippen molar-refractivity contribution in [1.29, 1.82) is 0 Å². The maximum absolute atomic E-state index is 13.0. The lowest BCUT2D eigenvalue weighted by Crippen LogP contribution is -2.60. The number of carboxylic acid groups (broad SMARTS) is 1. The number of carbonyl (C=O) groups excluding carboxylic acids is 2. The van der Waals surface area contributed by atoms with Gasteiger partial charge >= 0.3 is 11.9 Å². The van der Waals surface area contributed by atoms with Crippen molar-refractivity contribution in [3.8, 4) is 17.2 Å². The lowest BCUT2D eigenvalue weighted by Gasteiger charge is -2.40. The van der Waals surface area contributed by atoms with E-state index in [4.69, 9.17) is 24.1 Å². The van der Waals surface area contributed by atoms with E-state index >= 15 is 0 Å². The number of aliphatic hydroxyl groups is 3. The van der Waals surface area contributed by atoms with Crippen LogP contribution in [-0.4, -0.2) is 87.2 Å². The third-order valence-electron chi connectivity index (χ3n) is 5.86. The lowest BCUT2D eigenvalue weighted by molar-refractivity contribution is -0.278. The van der Waals surface area contributed by atoms with E-state index in [0.29, 0.717) is 11.1 Å². The summed E-state index contributed by atoms with van der Waals surface area (Å²) in [7, 11) is 0. The number of aromatic hydroxyl groups is 1. The lowest BCUT2D eigenvalue weighted by atomic mass is 9.89. The van der Waals surface area contributed by atoms with Crippen LogP contribution in [0.2, 0.25) is 0 Å². The van der Waals surface area contributed by atoms with Gasteiger partial charge in [-0.3, -0.25) is 14.4 Å². The Morgan fingerprint density at radius 2 is 1.72 bits per heavy atom. The van der Waals surface area contributed by atoms with Gasteiger partial charge in [-0.15, -0.1) is 0 Å². The van der Waals surface area contributed by atoms with Crippen LogP contribution in [0.1, 0.15) is 28.3 Å². The highest BCUT2D eigenvalue weighted by Crippen LogP contribution is 2.36. The summed E-state index contributed by atoms with van der Waals surface area (Å²) in [4.78, 5) is 35.0. The van der Waals surface area contributed by atoms with Gasteiger partial charge in [0.05, 0.1) is 11.5 Å². The van der Waals surface area contributed by atoms with Crippen LogP contribution in [0, 0.1) is 0 Å². The molecule has 1 fully saturated rings. The number of esters is 1. The van der Waals surface area contributed by atoms with Crippen molar-refractivity contribution in [1.82, 2.24) is 0 Å². The number of carbonyl (C=O) groups is 3. The number of fused-ring (bicyclic) bond motifs is 1. The van der Waals surface area contributed by atoms with E-state index in [2.05, 4.69) is 0 Å². The summed E-state index contributed by atoms with van der Waals surface area (Å²) in [6.45, 7) is -0.533. The molecule has 2 heterocycles. The van der Waals surface area contributed by atoms with E-state index in [1.54, 1.807) is 12.1 Å². The standard InChI is InChI=1S/C24H24O12/c25-12-3-1-11(2-4-12)15-9-33-16-7-13(5-6-14(16)20(15)29)35-24-23(32)22(31)21(30)17(36-24)10-34-19(28)8-18(26)27/h1-7,15,17,21-25,30-32H,8-10H2,(H,26,27)/t15?,17-,21-,22-,23-,24-/m1/s1. The monoisotopic (exact) mass is 504 g/mol. The Kier molecular flexibility index (Phi) is 7.40. The number of benzene rings is 2. The summed E-state index contributed by atoms with van der Waals surface area (Å²) >= 11 is 0.